The molecule has 0 aromatic heterocycles. The molecule has 520 valence electrons. The molecule has 11 atom stereocenters. The molecule has 1 aliphatic heterocycles. The van der Waals surface area contributed by atoms with E-state index in [0.717, 1.165) is 36.8 Å². The highest BCUT2D eigenvalue weighted by molar-refractivity contribution is 6.06. The molecule has 0 aromatic carbocycles. The third-order valence-corrected chi connectivity index (χ3v) is 14.7. The van der Waals surface area contributed by atoms with E-state index in [2.05, 4.69) is 83.1 Å². The third-order valence-electron chi connectivity index (χ3n) is 14.7. The van der Waals surface area contributed by atoms with Crippen molar-refractivity contribution in [3.05, 3.63) is 22.8 Å². The minimum atomic E-state index is -1.84. The zero-order chi connectivity index (χ0) is 58.4. The first-order valence-corrected chi connectivity index (χ1v) is 18.3. The van der Waals surface area contributed by atoms with E-state index < -0.39 is 45.7 Å². The quantitative estimate of drug-likeness (QED) is 0.253. The highest BCUT2D eigenvalue weighted by Gasteiger charge is 2.88. The number of Topliss-reactive ketones (excluding diaryl/α,β-unsaturated/α-hetero) is 1. The number of ketones is 2. The lowest BCUT2D eigenvalue weighted by Crippen LogP contribution is -2.79. The zero-order valence-electron chi connectivity index (χ0n) is 55.5. The predicted octanol–water partition coefficient (Wildman–Crippen LogP) is 40.2. The van der Waals surface area contributed by atoms with Crippen LogP contribution < -0.4 is 0 Å². The standard InChI is InChI=1S/C41H66O6.127H2/c1-17-18-23(2)34-46-30-22-29-38(14)20-19-27-21-28(42)24(3)25(4)39(27,35(6,7)8)31(38)33(45-16)37(12,13)41(29,36(9,10)11)40(30,47-34)32(43)26(5)44-15;;;;;;;;;;;;;;;;;;;;;;;;;;;;;;;;;;;;;;;;;;;;;;;;;;;;;;;;;;;;;;;;;;;;;;;;;;;;;;;;;;;;;;;;;;;;;;;;;;;;;;;;;;;;;;;;;;;;;;;;;;;;;;;/h21,23,26,29-31,33-34H,17-20,22H2,1-16H3;127*1H/t23?,26?,29-,30+,31-,33+,34?,38-,39+,40-,41-;;;;;;;;;;;;;;;;;;;;;;;;;;;;;;;;;;;;;;;;;;;;;;;;;;;;;;;;;;;;;;;;;;;;;;;;;;;;;;;;;;;;;;;;;;;;;;;;;;;;;;;;;;;;;;;;;;;;;;;;;;;;;;;/m0.............................................................................................................................../s1/i26D;11*1+1D;;;;;;;;;;;;;;;;;;;;;;;;;;;;;;;;;;;;;;;;;;;;;;;;;;;;;;;;;;;;;;;;;;;;;;;;;;;;;;;;;;;;;;;;;;;;;;;;;;;;;;;;;;;;;;;;;;;;. The Morgan fingerprint density at radius 3 is 2.28 bits per heavy atom. The van der Waals surface area contributed by atoms with Gasteiger partial charge in [-0.15, -0.1) is 0 Å². The summed E-state index contributed by atoms with van der Waals surface area (Å²) in [6.07, 6.45) is 2.86. The predicted molar refractivity (Wildman–Crippen MR) is 455 cm³/mol. The molecule has 5 aliphatic rings. The first-order valence-electron chi connectivity index (χ1n) is 29.8. The lowest BCUT2D eigenvalue weighted by atomic mass is 9.28. The Balaban J connectivity index is -0.00000000227. The number of carbonyl (C=O) groups is 2. The molecule has 4 fully saturated rings. The molecule has 5 rings (SSSR count). The number of allylic oxidation sites excluding steroid dienone is 4. The summed E-state index contributed by atoms with van der Waals surface area (Å²) in [5.41, 5.74) is -1.23. The van der Waals surface area contributed by atoms with E-state index in [4.69, 9.17) is 51.6 Å². The summed E-state index contributed by atoms with van der Waals surface area (Å²) >= 11 is 0. The molecule has 1 heterocycles. The first-order chi connectivity index (χ1) is 32.9. The lowest BCUT2D eigenvalue weighted by molar-refractivity contribution is -0.324. The van der Waals surface area contributed by atoms with Crippen LogP contribution in [0.3, 0.4) is 0 Å². The van der Waals surface area contributed by atoms with Crippen LogP contribution in [0.15, 0.2) is 22.8 Å². The van der Waals surface area contributed by atoms with E-state index in [1.807, 2.05) is 20.1 Å². The first kappa shape index (κ1) is 24.0. The van der Waals surface area contributed by atoms with Gasteiger partial charge in [-0.1, -0.05) is 93.7 Å². The number of hydrogen-bond acceptors (Lipinski definition) is 6. The van der Waals surface area contributed by atoms with Crippen molar-refractivity contribution < 1.29 is 228 Å². The summed E-state index contributed by atoms with van der Waals surface area (Å²) in [7, 11) is 3.28. The van der Waals surface area contributed by atoms with E-state index in [1.54, 1.807) is 6.92 Å². The molecule has 0 N–H and O–H groups in total. The van der Waals surface area contributed by atoms with Gasteiger partial charge in [0.15, 0.2) is 23.5 Å². The molecule has 4 aliphatic carbocycles. The van der Waals surface area contributed by atoms with Gasteiger partial charge in [-0.25, -0.2) is 0 Å². The average Bonchev–Trinajstić information content (AvgIpc) is 1.47. The van der Waals surface area contributed by atoms with Crippen LogP contribution in [0.2, 0.25) is 0 Å². The molecule has 0 spiro atoms. The van der Waals surface area contributed by atoms with Crippen molar-refractivity contribution in [3.8, 4) is 0 Å². The molecule has 3 unspecified atom stereocenters. The lowest BCUT2D eigenvalue weighted by Gasteiger charge is -2.76. The molecule has 1 saturated heterocycles. The fourth-order valence-corrected chi connectivity index (χ4v) is 13.5. The van der Waals surface area contributed by atoms with Gasteiger partial charge in [0.1, 0.15) is 6.08 Å². The topological polar surface area (TPSA) is 71.1 Å². The van der Waals surface area contributed by atoms with Crippen LogP contribution in [0.5, 0.6) is 0 Å². The molecule has 6 heteroatoms. The van der Waals surface area contributed by atoms with Crippen molar-refractivity contribution >= 4 is 11.6 Å². The van der Waals surface area contributed by atoms with E-state index in [1.165, 1.54) is 12.7 Å². The minimum absolute atomic E-state index is 0. The molecule has 6 nitrogen and oxygen atoms in total. The van der Waals surface area contributed by atoms with E-state index in [-0.39, 0.29) is 212 Å². The Hall–Kier alpha value is -1.34. The molecule has 0 radical (unpaired) electrons. The second kappa shape index (κ2) is 11.3. The van der Waals surface area contributed by atoms with Crippen LogP contribution in [0.25, 0.3) is 0 Å². The summed E-state index contributed by atoms with van der Waals surface area (Å²) in [6, 6.07) is 0. The van der Waals surface area contributed by atoms with Crippen LogP contribution in [0, 0.1) is 50.2 Å². The number of hydrogen-bond donors (Lipinski definition) is 0. The maximum atomic E-state index is 15.5. The van der Waals surface area contributed by atoms with Gasteiger partial charge in [0.05, 0.1) is 13.6 Å². The summed E-state index contributed by atoms with van der Waals surface area (Å²) < 4.78 is 146. The second-order valence-corrected chi connectivity index (χ2v) is 18.8. The van der Waals surface area contributed by atoms with Crippen LogP contribution in [-0.4, -0.2) is 56.0 Å². The molecular weight excluding hydrogens is 588 g/mol. The van der Waals surface area contributed by atoms with Crippen LogP contribution in [0.4, 0.5) is 0 Å². The van der Waals surface area contributed by atoms with Gasteiger partial charge in [-0.05, 0) is 80.3 Å². The SMILES string of the molecule is [2H]C(C)(OC)C(=O)[C@@]12OC(C(C)CCC)O[C@@H]1C[C@H]1[C@]3(C)CCC4=CC(=O)C(C)=C(C)[C@]4(C(C)(C)C)[C@H]3[C@@H](OC)C(C)(C)[C@@]12C(C)(C)C.[2H][2H].[2H][2H].[2H][2H].[2H][2H].[2H][2H].[2H][2H].[2H][2H].[2H][2H].[2H][2H].[2H][2H].[2H][2H].[HH].[HH].[HH].[HH].[HH].[HH].[HH].[HH].[HH].[HH].[HH].[HH].[HH].[HH].[HH].[HH].[HH].[HH].[HH].[HH].[HH].[HH].[HH].[HH].[HH].[HH].[HH].[HH].[HH].[HH].[HH].[HH].[HH].[HH].[HH].[HH].[HH].[HH].[HH].[HH].[HH].[HH].[HH].[HH].[HH].[HH].[HH].[HH].[HH].[HH].[HH].[HH].[HH].[HH].[HH].[HH].[HH].[HH].[HH].[HH].[HH].[HH].[HH].[HH].[HH].[HH].[HH].[HH].[HH].[HH].[HH].[HH].[HH].[HH].[HH].[HH].[HH].[HH].[HH].[HH].[HH].[HH].[HH].[HH].[HH].[HH].[HH].[HH].[HH].[HH].[HH].[HH].[HH].[HH].[HH].[HH].[HH].[HH].[HH].[HH].[HH].[HH].[HH].[HH].[HH].[HH].[HH].[HH].[HH].[HH].[HH].[HH].[HH].[HH].[HH].[HH]. The van der Waals surface area contributed by atoms with Gasteiger partial charge in [0.25, 0.3) is 0 Å². The van der Waals surface area contributed by atoms with E-state index in [9.17, 15) is 6.17 Å². The number of ether oxygens (including phenoxy) is 4. The minimum Gasteiger partial charge on any atom is -0.381 e. The fraction of sp³-hybridized carbons (Fsp3) is 0.854. The Labute approximate surface area is 493 Å². The Morgan fingerprint density at radius 2 is 1.77 bits per heavy atom. The normalized spacial score (nSPS) is 45.5. The van der Waals surface area contributed by atoms with Gasteiger partial charge in [-0.3, -0.25) is 9.59 Å². The largest absolute Gasteiger partial charge is 0.381 e. The van der Waals surface area contributed by atoms with Crippen molar-refractivity contribution in [1.82, 2.24) is 0 Å². The molecule has 47 heavy (non-hydrogen) atoms. The van der Waals surface area contributed by atoms with Crippen molar-refractivity contribution in [2.75, 3.05) is 14.2 Å². The van der Waals surface area contributed by atoms with Gasteiger partial charge in [0, 0.05) is 240 Å². The summed E-state index contributed by atoms with van der Waals surface area (Å²) in [5.74, 6) is -0.183. The zero-order valence-corrected chi connectivity index (χ0v) is 32.5. The van der Waals surface area contributed by atoms with Crippen molar-refractivity contribution in [2.45, 2.75) is 159 Å². The van der Waals surface area contributed by atoms with Crippen molar-refractivity contribution in [3.63, 3.8) is 0 Å². The molecule has 3 saturated carbocycles. The Morgan fingerprint density at radius 1 is 1.15 bits per heavy atom. The Kier molecular flexibility index (Phi) is 5.78. The highest BCUT2D eigenvalue weighted by Crippen LogP contribution is 2.84. The van der Waals surface area contributed by atoms with Crippen molar-refractivity contribution in [1.29, 1.82) is 0 Å². The smallest absolute Gasteiger partial charge is 0.196 e. The molecule has 0 bridgehead atoms. The van der Waals surface area contributed by atoms with Gasteiger partial charge < -0.3 is 18.9 Å². The van der Waals surface area contributed by atoms with Crippen molar-refractivity contribution in [2.24, 2.45) is 50.2 Å². The number of methoxy groups -OCH3 is 2. The van der Waals surface area contributed by atoms with Gasteiger partial charge in [0.2, 0.25) is 0 Å². The summed E-state index contributed by atoms with van der Waals surface area (Å²) in [5, 5.41) is 0. The van der Waals surface area contributed by atoms with E-state index >= 15 is 4.79 Å². The Bertz CT molecular complexity index is 1550. The number of carbonyl (C=O) groups excluding carboxylic acids is 2. The van der Waals surface area contributed by atoms with E-state index in [0.29, 0.717) is 6.42 Å². The summed E-state index contributed by atoms with van der Waals surface area (Å²) in [6.45, 7) is 30.9. The maximum absolute atomic E-state index is 15.5. The molecular formula is C41H320O6. The van der Waals surface area contributed by atoms with Crippen LogP contribution in [-0.2, 0) is 28.5 Å². The van der Waals surface area contributed by atoms with Crippen LogP contribution >= 0.6 is 0 Å². The average molecular weight is 934 g/mol. The number of rotatable bonds is 7. The van der Waals surface area contributed by atoms with Gasteiger partial charge in [-0.2, -0.15) is 0 Å². The fourth-order valence-electron chi connectivity index (χ4n) is 13.5. The highest BCUT2D eigenvalue weighted by atomic mass is 16.7. The second-order valence-electron chi connectivity index (χ2n) is 18.8. The summed E-state index contributed by atoms with van der Waals surface area (Å²) in [4.78, 5) is 28.9. The van der Waals surface area contributed by atoms with Crippen LogP contribution in [0.1, 0.15) is 329 Å². The monoisotopic (exact) mass is 934 g/mol. The number of fused-ring (bicyclic) bond motifs is 7. The maximum Gasteiger partial charge on any atom is 0.196 e. The van der Waals surface area contributed by atoms with Gasteiger partial charge >= 0.3 is 0 Å². The molecule has 0 aromatic rings. The third kappa shape index (κ3) is 4.23. The molecule has 0 amide bonds.